The van der Waals surface area contributed by atoms with Crippen LogP contribution in [0.2, 0.25) is 0 Å². The standard InChI is InChI=1S/C50H67N11O11S2/c1-26(62)39(42(53)65)59-49(72)41-50(3,4)74-73-25-38(58-43(66)33(52)21-28-11-6-5-7-12-28)47(70)56-36(22-29-16-18-31(64)19-17-29)45(68)57-37(23-30-24-54-34-14-9-8-13-32(30)34)46(69)55-35(15-10-20-51)44(67)60-40(27(2)63)48(71)61-41/h5-9,11-14,16-19,24,26-27,33,35-41,54,62-64H,10,15,20-23,25,51-52H2,1-4H3,(H2,53,65)(H,55,69)(H,56,70)(H,57,68)(H,58,66)(H,59,72)(H,60,67)(H,61,71)/t26-,27-,33-,35-,36-,37+,38-,39+,40+,41-/m1/s1. The largest absolute Gasteiger partial charge is 0.508 e. The summed E-state index contributed by atoms with van der Waals surface area (Å²) in [5.41, 5.74) is 20.3. The average Bonchev–Trinajstić information content (AvgIpc) is 3.76. The minimum atomic E-state index is -1.76. The molecule has 0 saturated carbocycles. The summed E-state index contributed by atoms with van der Waals surface area (Å²) in [6, 6.07) is 10.1. The van der Waals surface area contributed by atoms with Gasteiger partial charge in [-0.3, -0.25) is 38.4 Å². The van der Waals surface area contributed by atoms with Gasteiger partial charge in [-0.05, 0) is 88.4 Å². The van der Waals surface area contributed by atoms with E-state index in [2.05, 4.69) is 42.2 Å². The van der Waals surface area contributed by atoms with Gasteiger partial charge in [0.15, 0.2) is 0 Å². The molecule has 1 aromatic heterocycles. The highest BCUT2D eigenvalue weighted by molar-refractivity contribution is 8.77. The lowest BCUT2D eigenvalue weighted by molar-refractivity contribution is -0.137. The van der Waals surface area contributed by atoms with E-state index in [1.54, 1.807) is 42.6 Å². The lowest BCUT2D eigenvalue weighted by Crippen LogP contribution is -2.65. The molecule has 17 N–H and O–H groups in total. The van der Waals surface area contributed by atoms with Crippen LogP contribution in [0.1, 0.15) is 57.2 Å². The first-order valence-electron chi connectivity index (χ1n) is 24.0. The molecular weight excluding hydrogens is 995 g/mol. The number of nitrogens with two attached hydrogens (primary N) is 3. The Bertz CT molecular complexity index is 2600. The minimum absolute atomic E-state index is 0.0658. The number of aromatic hydroxyl groups is 1. The number of H-pyrrole nitrogens is 1. The molecule has 24 heteroatoms. The van der Waals surface area contributed by atoms with Crippen LogP contribution in [0, 0.1) is 0 Å². The molecule has 400 valence electrons. The van der Waals surface area contributed by atoms with Crippen molar-refractivity contribution < 1.29 is 53.7 Å². The molecule has 74 heavy (non-hydrogen) atoms. The Hall–Kier alpha value is -6.70. The van der Waals surface area contributed by atoms with Crippen molar-refractivity contribution in [1.82, 2.24) is 42.2 Å². The molecule has 4 aromatic rings. The van der Waals surface area contributed by atoms with Gasteiger partial charge in [0, 0.05) is 40.4 Å². The number of primary amides is 1. The second-order valence-corrected chi connectivity index (χ2v) is 21.7. The van der Waals surface area contributed by atoms with Crippen molar-refractivity contribution in [3.63, 3.8) is 0 Å². The van der Waals surface area contributed by atoms with Crippen LogP contribution in [0.4, 0.5) is 0 Å². The van der Waals surface area contributed by atoms with E-state index in [4.69, 9.17) is 17.2 Å². The molecule has 22 nitrogen and oxygen atoms in total. The van der Waals surface area contributed by atoms with E-state index in [0.29, 0.717) is 11.1 Å². The van der Waals surface area contributed by atoms with Crippen molar-refractivity contribution in [1.29, 1.82) is 0 Å². The second kappa shape index (κ2) is 27.0. The van der Waals surface area contributed by atoms with E-state index < -0.39 is 113 Å². The van der Waals surface area contributed by atoms with Crippen molar-refractivity contribution in [3.05, 3.63) is 102 Å². The summed E-state index contributed by atoms with van der Waals surface area (Å²) in [6.07, 6.45) is -1.53. The molecule has 0 bridgehead atoms. The van der Waals surface area contributed by atoms with Crippen LogP contribution in [-0.2, 0) is 57.6 Å². The zero-order chi connectivity index (χ0) is 54.3. The Labute approximate surface area is 436 Å². The smallest absolute Gasteiger partial charge is 0.245 e. The molecule has 0 radical (unpaired) electrons. The van der Waals surface area contributed by atoms with Gasteiger partial charge in [-0.2, -0.15) is 0 Å². The van der Waals surface area contributed by atoms with Gasteiger partial charge in [0.05, 0.1) is 18.2 Å². The summed E-state index contributed by atoms with van der Waals surface area (Å²) in [7, 11) is 1.94. The third kappa shape index (κ3) is 16.4. The number of hydrogen-bond donors (Lipinski definition) is 14. The number of aromatic amines is 1. The maximum absolute atomic E-state index is 14.8. The number of amides is 8. The van der Waals surface area contributed by atoms with Crippen molar-refractivity contribution in [2.75, 3.05) is 12.3 Å². The van der Waals surface area contributed by atoms with Crippen molar-refractivity contribution in [2.24, 2.45) is 17.2 Å². The molecule has 10 atom stereocenters. The maximum Gasteiger partial charge on any atom is 0.245 e. The highest BCUT2D eigenvalue weighted by atomic mass is 33.1. The summed E-state index contributed by atoms with van der Waals surface area (Å²) in [5.74, 6) is -7.70. The fraction of sp³-hybridized carbons (Fsp3) is 0.440. The van der Waals surface area contributed by atoms with E-state index >= 15 is 0 Å². The zero-order valence-corrected chi connectivity index (χ0v) is 43.1. The number of aliphatic hydroxyl groups is 2. The Kier molecular flexibility index (Phi) is 21.2. The second-order valence-electron chi connectivity index (χ2n) is 18.7. The van der Waals surface area contributed by atoms with Gasteiger partial charge in [-0.1, -0.05) is 82.3 Å². The van der Waals surface area contributed by atoms with Crippen LogP contribution in [-0.4, -0.2) is 145 Å². The molecule has 0 aliphatic carbocycles. The number of hydrogen-bond acceptors (Lipinski definition) is 15. The Morgan fingerprint density at radius 2 is 1.38 bits per heavy atom. The third-order valence-electron chi connectivity index (χ3n) is 12.2. The van der Waals surface area contributed by atoms with Crippen molar-refractivity contribution in [3.8, 4) is 5.75 Å². The highest BCUT2D eigenvalue weighted by Crippen LogP contribution is 2.39. The van der Waals surface area contributed by atoms with Crippen LogP contribution in [0.5, 0.6) is 5.75 Å². The summed E-state index contributed by atoms with van der Waals surface area (Å²) in [6.45, 7) is 5.57. The van der Waals surface area contributed by atoms with Gasteiger partial charge in [-0.25, -0.2) is 0 Å². The molecule has 1 saturated heterocycles. The number of phenols is 1. The lowest BCUT2D eigenvalue weighted by Gasteiger charge is -2.36. The topological polar surface area (TPSA) is 375 Å². The van der Waals surface area contributed by atoms with Crippen LogP contribution in [0.3, 0.4) is 0 Å². The number of carbonyl (C=O) groups is 8. The monoisotopic (exact) mass is 1060 g/mol. The summed E-state index contributed by atoms with van der Waals surface area (Å²) < 4.78 is -1.42. The Balaban J connectivity index is 1.62. The third-order valence-corrected chi connectivity index (χ3v) is 15.5. The summed E-state index contributed by atoms with van der Waals surface area (Å²) in [5, 5.41) is 50.5. The zero-order valence-electron chi connectivity index (χ0n) is 41.5. The van der Waals surface area contributed by atoms with E-state index in [0.717, 1.165) is 38.1 Å². The predicted octanol–water partition coefficient (Wildman–Crippen LogP) is -1.22. The number of phenolic OH excluding ortho intramolecular Hbond substituents is 1. The fourth-order valence-corrected chi connectivity index (χ4v) is 10.9. The van der Waals surface area contributed by atoms with Gasteiger partial charge >= 0.3 is 0 Å². The molecule has 5 rings (SSSR count). The number of rotatable bonds is 16. The molecular formula is C50H67N11O11S2. The van der Waals surface area contributed by atoms with Gasteiger partial charge in [0.25, 0.3) is 0 Å². The first-order chi connectivity index (χ1) is 35.1. The molecule has 0 spiro atoms. The SMILES string of the molecule is C[C@@H](O)[C@H](NC(=O)[C@H]1NC(=O)[C@H]([C@@H](C)O)NC(=O)[C@@H](CCCN)NC(=O)[C@H](Cc2c[nH]c3ccccc23)NC(=O)[C@@H](Cc2ccc(O)cc2)NC(=O)[C@H](NC(=O)[C@H](N)Cc2ccccc2)CSSC1(C)C)C(N)=O. The molecule has 0 unspecified atom stereocenters. The number of carbonyl (C=O) groups excluding carboxylic acids is 8. The number of para-hydroxylation sites is 1. The first kappa shape index (κ1) is 58.2. The van der Waals surface area contributed by atoms with Crippen LogP contribution >= 0.6 is 21.6 Å². The van der Waals surface area contributed by atoms with Crippen LogP contribution < -0.4 is 54.4 Å². The Morgan fingerprint density at radius 1 is 0.770 bits per heavy atom. The van der Waals surface area contributed by atoms with E-state index in [9.17, 15) is 53.7 Å². The lowest BCUT2D eigenvalue weighted by atomic mass is 9.99. The van der Waals surface area contributed by atoms with E-state index in [1.165, 1.54) is 52.0 Å². The van der Waals surface area contributed by atoms with Gasteiger partial charge in [-0.15, -0.1) is 0 Å². The number of benzene rings is 3. The van der Waals surface area contributed by atoms with Gasteiger partial charge in [0.1, 0.15) is 48.0 Å². The predicted molar refractivity (Wildman–Crippen MR) is 280 cm³/mol. The molecule has 2 heterocycles. The molecule has 1 fully saturated rings. The Morgan fingerprint density at radius 3 is 2.01 bits per heavy atom. The van der Waals surface area contributed by atoms with Gasteiger partial charge < -0.3 is 74.7 Å². The average molecular weight is 1060 g/mol. The van der Waals surface area contributed by atoms with E-state index in [-0.39, 0.29) is 50.2 Å². The highest BCUT2D eigenvalue weighted by Gasteiger charge is 2.43. The molecule has 8 amide bonds. The fourth-order valence-electron chi connectivity index (χ4n) is 8.05. The maximum atomic E-state index is 14.8. The van der Waals surface area contributed by atoms with Crippen LogP contribution in [0.15, 0.2) is 85.1 Å². The van der Waals surface area contributed by atoms with Gasteiger partial charge in [0.2, 0.25) is 47.3 Å². The quantitative estimate of drug-likeness (QED) is 0.0585. The molecule has 3 aromatic carbocycles. The molecule has 1 aliphatic rings. The number of nitrogens with one attached hydrogen (secondary N) is 8. The van der Waals surface area contributed by atoms with Crippen molar-refractivity contribution in [2.45, 2.75) is 125 Å². The molecule has 1 aliphatic heterocycles. The normalized spacial score (nSPS) is 23.1. The summed E-state index contributed by atoms with van der Waals surface area (Å²) >= 11 is 0. The minimum Gasteiger partial charge on any atom is -0.508 e. The number of aliphatic hydroxyl groups excluding tert-OH is 2. The van der Waals surface area contributed by atoms with E-state index in [1.807, 2.05) is 18.2 Å². The first-order valence-corrected chi connectivity index (χ1v) is 26.3. The summed E-state index contributed by atoms with van der Waals surface area (Å²) in [4.78, 5) is 116. The number of fused-ring (bicyclic) bond motifs is 1. The number of aromatic nitrogens is 1. The van der Waals surface area contributed by atoms with Crippen molar-refractivity contribution >= 4 is 79.7 Å². The van der Waals surface area contributed by atoms with Crippen LogP contribution in [0.25, 0.3) is 10.9 Å².